The van der Waals surface area contributed by atoms with E-state index in [1.165, 1.54) is 5.56 Å². The Labute approximate surface area is 176 Å². The molecule has 1 aromatic heterocycles. The second-order valence-electron chi connectivity index (χ2n) is 8.26. The van der Waals surface area contributed by atoms with Gasteiger partial charge in [0, 0.05) is 45.8 Å². The smallest absolute Gasteiger partial charge is 0.353 e. The van der Waals surface area contributed by atoms with Gasteiger partial charge >= 0.3 is 5.69 Å². The van der Waals surface area contributed by atoms with E-state index in [1.54, 1.807) is 0 Å². The van der Waals surface area contributed by atoms with Crippen molar-refractivity contribution >= 4 is 23.3 Å². The van der Waals surface area contributed by atoms with Crippen molar-refractivity contribution in [2.45, 2.75) is 26.3 Å². The zero-order chi connectivity index (χ0) is 21.1. The summed E-state index contributed by atoms with van der Waals surface area (Å²) in [4.78, 5) is 26.6. The highest BCUT2D eigenvalue weighted by Gasteiger charge is 2.31. The molecule has 4 rings (SSSR count). The Kier molecular flexibility index (Phi) is 5.98. The molecule has 30 heavy (non-hydrogen) atoms. The average molecular weight is 412 g/mol. The molecule has 3 heterocycles. The fourth-order valence-corrected chi connectivity index (χ4v) is 4.15. The predicted octanol–water partition coefficient (Wildman–Crippen LogP) is 2.53. The third-order valence-electron chi connectivity index (χ3n) is 6.05. The van der Waals surface area contributed by atoms with E-state index in [0.717, 1.165) is 58.7 Å². The highest BCUT2D eigenvalue weighted by atomic mass is 16.6. The van der Waals surface area contributed by atoms with Crippen molar-refractivity contribution in [3.05, 3.63) is 46.0 Å². The van der Waals surface area contributed by atoms with Crippen molar-refractivity contribution in [3.8, 4) is 0 Å². The van der Waals surface area contributed by atoms with Gasteiger partial charge in [0.15, 0.2) is 0 Å². The van der Waals surface area contributed by atoms with Crippen molar-refractivity contribution < 1.29 is 4.92 Å². The second-order valence-corrected chi connectivity index (χ2v) is 8.26. The van der Waals surface area contributed by atoms with Crippen LogP contribution in [0.15, 0.2) is 30.3 Å². The van der Waals surface area contributed by atoms with Gasteiger partial charge in [0.25, 0.3) is 0 Å². The van der Waals surface area contributed by atoms with Crippen LogP contribution in [-0.4, -0.2) is 59.1 Å². The average Bonchev–Trinajstić information content (AvgIpc) is 2.75. The van der Waals surface area contributed by atoms with Gasteiger partial charge in [-0.2, -0.15) is 9.97 Å². The molecule has 2 aliphatic rings. The maximum Gasteiger partial charge on any atom is 0.353 e. The van der Waals surface area contributed by atoms with Crippen LogP contribution in [0.4, 0.5) is 23.3 Å². The molecule has 0 spiro atoms. The standard InChI is InChI=1S/C21H29N7O2/c1-16-7-9-26(10-8-16)20-18(28(29)30)19(22)23-21(24-20)27-13-11-25(12-14-27)15-17-5-3-2-4-6-17/h2-6,16H,7-15H2,1H3,(H2,22,23,24). The van der Waals surface area contributed by atoms with Gasteiger partial charge in [0.1, 0.15) is 0 Å². The molecule has 0 bridgehead atoms. The molecular weight excluding hydrogens is 382 g/mol. The first-order valence-electron chi connectivity index (χ1n) is 10.6. The Hall–Kier alpha value is -2.94. The van der Waals surface area contributed by atoms with E-state index >= 15 is 0 Å². The quantitative estimate of drug-likeness (QED) is 0.591. The third-order valence-corrected chi connectivity index (χ3v) is 6.05. The van der Waals surface area contributed by atoms with Crippen LogP contribution in [0.5, 0.6) is 0 Å². The number of benzene rings is 1. The molecule has 0 aliphatic carbocycles. The highest BCUT2D eigenvalue weighted by Crippen LogP contribution is 2.35. The number of anilines is 3. The van der Waals surface area contributed by atoms with E-state index < -0.39 is 4.92 Å². The molecule has 2 fully saturated rings. The van der Waals surface area contributed by atoms with E-state index in [4.69, 9.17) is 5.73 Å². The lowest BCUT2D eigenvalue weighted by molar-refractivity contribution is -0.383. The number of hydrogen-bond acceptors (Lipinski definition) is 8. The summed E-state index contributed by atoms with van der Waals surface area (Å²) < 4.78 is 0. The first kappa shape index (κ1) is 20.3. The summed E-state index contributed by atoms with van der Waals surface area (Å²) in [6, 6.07) is 10.4. The summed E-state index contributed by atoms with van der Waals surface area (Å²) in [5, 5.41) is 11.7. The lowest BCUT2D eigenvalue weighted by atomic mass is 9.99. The van der Waals surface area contributed by atoms with Crippen LogP contribution in [0.2, 0.25) is 0 Å². The molecular formula is C21H29N7O2. The van der Waals surface area contributed by atoms with E-state index in [1.807, 2.05) is 11.0 Å². The molecule has 0 unspecified atom stereocenters. The van der Waals surface area contributed by atoms with Gasteiger partial charge in [-0.05, 0) is 24.3 Å². The molecule has 2 aromatic rings. The zero-order valence-corrected chi connectivity index (χ0v) is 17.4. The highest BCUT2D eigenvalue weighted by molar-refractivity contribution is 5.71. The molecule has 0 atom stereocenters. The summed E-state index contributed by atoms with van der Waals surface area (Å²) in [6.45, 7) is 7.92. The van der Waals surface area contributed by atoms with E-state index in [0.29, 0.717) is 17.7 Å². The van der Waals surface area contributed by atoms with Crippen LogP contribution in [0.25, 0.3) is 0 Å². The van der Waals surface area contributed by atoms with Crippen LogP contribution in [-0.2, 0) is 6.54 Å². The normalized spacial score (nSPS) is 18.6. The van der Waals surface area contributed by atoms with Crippen LogP contribution < -0.4 is 15.5 Å². The predicted molar refractivity (Wildman–Crippen MR) is 118 cm³/mol. The maximum atomic E-state index is 11.7. The summed E-state index contributed by atoms with van der Waals surface area (Å²) in [7, 11) is 0. The summed E-state index contributed by atoms with van der Waals surface area (Å²) >= 11 is 0. The van der Waals surface area contributed by atoms with E-state index in [9.17, 15) is 10.1 Å². The first-order chi connectivity index (χ1) is 14.5. The monoisotopic (exact) mass is 411 g/mol. The van der Waals surface area contributed by atoms with Crippen molar-refractivity contribution in [2.75, 3.05) is 54.8 Å². The van der Waals surface area contributed by atoms with Gasteiger partial charge < -0.3 is 15.5 Å². The van der Waals surface area contributed by atoms with Crippen LogP contribution in [0.3, 0.4) is 0 Å². The summed E-state index contributed by atoms with van der Waals surface area (Å²) in [6.07, 6.45) is 1.99. The molecule has 2 saturated heterocycles. The number of nitro groups is 1. The molecule has 2 aliphatic heterocycles. The molecule has 160 valence electrons. The molecule has 0 radical (unpaired) electrons. The number of nitrogens with zero attached hydrogens (tertiary/aromatic N) is 6. The molecule has 2 N–H and O–H groups in total. The van der Waals surface area contributed by atoms with Crippen molar-refractivity contribution in [3.63, 3.8) is 0 Å². The molecule has 0 amide bonds. The Morgan fingerprint density at radius 3 is 2.33 bits per heavy atom. The van der Waals surface area contributed by atoms with Gasteiger partial charge in [-0.15, -0.1) is 0 Å². The van der Waals surface area contributed by atoms with Gasteiger partial charge in [-0.1, -0.05) is 37.3 Å². The van der Waals surface area contributed by atoms with Crippen LogP contribution in [0, 0.1) is 16.0 Å². The van der Waals surface area contributed by atoms with Gasteiger partial charge in [-0.3, -0.25) is 15.0 Å². The third kappa shape index (κ3) is 4.46. The fraction of sp³-hybridized carbons (Fsp3) is 0.524. The Bertz CT molecular complexity index is 876. The van der Waals surface area contributed by atoms with Crippen molar-refractivity contribution in [2.24, 2.45) is 5.92 Å². The van der Waals surface area contributed by atoms with Crippen molar-refractivity contribution in [1.29, 1.82) is 0 Å². The number of hydrogen-bond donors (Lipinski definition) is 1. The maximum absolute atomic E-state index is 11.7. The molecule has 0 saturated carbocycles. The first-order valence-corrected chi connectivity index (χ1v) is 10.6. The number of aromatic nitrogens is 2. The van der Waals surface area contributed by atoms with Crippen LogP contribution >= 0.6 is 0 Å². The second kappa shape index (κ2) is 8.83. The fourth-order valence-electron chi connectivity index (χ4n) is 4.15. The molecule has 9 nitrogen and oxygen atoms in total. The van der Waals surface area contributed by atoms with Crippen LogP contribution in [0.1, 0.15) is 25.3 Å². The largest absolute Gasteiger partial charge is 0.378 e. The number of piperazine rings is 1. The minimum atomic E-state index is -0.454. The van der Waals surface area contributed by atoms with Gasteiger partial charge in [0.2, 0.25) is 17.6 Å². The summed E-state index contributed by atoms with van der Waals surface area (Å²) in [5.74, 6) is 1.43. The Morgan fingerprint density at radius 1 is 1.03 bits per heavy atom. The minimum Gasteiger partial charge on any atom is -0.378 e. The SMILES string of the molecule is CC1CCN(c2nc(N3CCN(Cc4ccccc4)CC3)nc(N)c2[N+](=O)[O-])CC1. The lowest BCUT2D eigenvalue weighted by Gasteiger charge is -2.35. The van der Waals surface area contributed by atoms with Crippen molar-refractivity contribution in [1.82, 2.24) is 14.9 Å². The van der Waals surface area contributed by atoms with Gasteiger partial charge in [-0.25, -0.2) is 0 Å². The Morgan fingerprint density at radius 2 is 1.70 bits per heavy atom. The number of rotatable bonds is 5. The van der Waals surface area contributed by atoms with E-state index in [2.05, 4.69) is 51.0 Å². The molecule has 1 aromatic carbocycles. The lowest BCUT2D eigenvalue weighted by Crippen LogP contribution is -2.46. The van der Waals surface area contributed by atoms with Gasteiger partial charge in [0.05, 0.1) is 4.92 Å². The molecule has 9 heteroatoms. The van der Waals surface area contributed by atoms with E-state index in [-0.39, 0.29) is 11.5 Å². The minimum absolute atomic E-state index is 0.0506. The Balaban J connectivity index is 1.50. The topological polar surface area (TPSA) is 105 Å². The number of nitrogens with two attached hydrogens (primary N) is 1. The summed E-state index contributed by atoms with van der Waals surface area (Å²) in [5.41, 5.74) is 7.16. The zero-order valence-electron chi connectivity index (χ0n) is 17.4. The number of nitrogen functional groups attached to an aromatic ring is 1. The number of piperidine rings is 1.